The Morgan fingerprint density at radius 3 is 2.51 bits per heavy atom. The second-order valence-electron chi connectivity index (χ2n) is 9.12. The monoisotopic (exact) mass is 556 g/mol. The number of carbonyl (C=O) groups excluding carboxylic acids is 2. The number of nitrogens with zero attached hydrogens (tertiary/aromatic N) is 1. The first-order valence-electron chi connectivity index (χ1n) is 12.2. The number of nitrogens with one attached hydrogen (secondary N) is 1. The van der Waals surface area contributed by atoms with Crippen LogP contribution < -0.4 is 4.74 Å². The molecule has 0 bridgehead atoms. The van der Waals surface area contributed by atoms with Gasteiger partial charge < -0.3 is 14.8 Å². The van der Waals surface area contributed by atoms with Gasteiger partial charge in [0.25, 0.3) is 5.91 Å². The molecule has 4 aromatic rings. The highest BCUT2D eigenvalue weighted by molar-refractivity contribution is 8.26. The van der Waals surface area contributed by atoms with Crippen LogP contribution in [0.5, 0.6) is 5.75 Å². The maximum Gasteiger partial charge on any atom is 0.327 e. The quantitative estimate of drug-likeness (QED) is 0.156. The molecule has 39 heavy (non-hydrogen) atoms. The van der Waals surface area contributed by atoms with Gasteiger partial charge in [-0.05, 0) is 42.3 Å². The third kappa shape index (κ3) is 5.79. The summed E-state index contributed by atoms with van der Waals surface area (Å²) >= 11 is 6.51. The van der Waals surface area contributed by atoms with Crippen molar-refractivity contribution in [2.75, 3.05) is 6.61 Å². The van der Waals surface area contributed by atoms with Crippen molar-refractivity contribution in [3.8, 4) is 5.75 Å². The van der Waals surface area contributed by atoms with Crippen molar-refractivity contribution in [3.05, 3.63) is 106 Å². The number of aromatic amines is 1. The number of H-pyrrole nitrogens is 1. The summed E-state index contributed by atoms with van der Waals surface area (Å²) in [7, 11) is 0. The molecule has 1 amide bonds. The van der Waals surface area contributed by atoms with Crippen LogP contribution in [0.2, 0.25) is 0 Å². The number of fused-ring (bicyclic) bond motifs is 1. The smallest absolute Gasteiger partial charge is 0.327 e. The van der Waals surface area contributed by atoms with Gasteiger partial charge in [-0.3, -0.25) is 14.5 Å². The van der Waals surface area contributed by atoms with E-state index in [1.54, 1.807) is 48.7 Å². The lowest BCUT2D eigenvalue weighted by atomic mass is 10.0. The highest BCUT2D eigenvalue weighted by Crippen LogP contribution is 2.35. The maximum atomic E-state index is 13.3. The van der Waals surface area contributed by atoms with Crippen LogP contribution in [0.1, 0.15) is 27.0 Å². The van der Waals surface area contributed by atoms with Gasteiger partial charge in [0.05, 0.1) is 4.91 Å². The van der Waals surface area contributed by atoms with Gasteiger partial charge in [-0.1, -0.05) is 84.1 Å². The Morgan fingerprint density at radius 1 is 1.08 bits per heavy atom. The Bertz CT molecular complexity index is 1610. The molecule has 196 valence electrons. The van der Waals surface area contributed by atoms with Gasteiger partial charge in [0, 0.05) is 29.1 Å². The minimum absolute atomic E-state index is 0.0892. The van der Waals surface area contributed by atoms with E-state index in [1.807, 2.05) is 43.3 Å². The number of para-hydroxylation sites is 1. The number of Topliss-reactive ketones (excluding diaryl/α,β-unsaturated/α-hetero) is 1. The number of carbonyl (C=O) groups is 3. The van der Waals surface area contributed by atoms with Crippen molar-refractivity contribution < 1.29 is 24.2 Å². The van der Waals surface area contributed by atoms with Crippen LogP contribution in [-0.2, 0) is 16.0 Å². The molecule has 3 aromatic carbocycles. The Kier molecular flexibility index (Phi) is 7.63. The molecule has 2 heterocycles. The van der Waals surface area contributed by atoms with Crippen molar-refractivity contribution >= 4 is 62.9 Å². The Balaban J connectivity index is 1.27. The van der Waals surface area contributed by atoms with Crippen molar-refractivity contribution in [1.29, 1.82) is 0 Å². The number of rotatable bonds is 9. The standard InChI is InChI=1S/C30H24N2O5S2/c1-18-6-10-20(11-7-18)26(33)17-37-22-12-8-19(9-13-22)14-27-28(34)32(30(38)39-27)25(29(35)36)15-21-16-31-24-5-3-2-4-23(21)24/h2-14,16,25,31H,15,17H2,1H3,(H,35,36)/b27-14-/t25-/m0/s1. The number of thiocarbonyl (C=S) groups is 1. The molecule has 0 aliphatic carbocycles. The lowest BCUT2D eigenvalue weighted by molar-refractivity contribution is -0.145. The molecule has 1 atom stereocenters. The molecular weight excluding hydrogens is 532 g/mol. The minimum Gasteiger partial charge on any atom is -0.485 e. The molecule has 1 aromatic heterocycles. The summed E-state index contributed by atoms with van der Waals surface area (Å²) in [4.78, 5) is 42.5. The Hall–Kier alpha value is -4.21. The minimum atomic E-state index is -1.13. The maximum absolute atomic E-state index is 13.3. The summed E-state index contributed by atoms with van der Waals surface area (Å²) in [6, 6.07) is 20.7. The molecule has 0 saturated carbocycles. The summed E-state index contributed by atoms with van der Waals surface area (Å²) < 4.78 is 5.83. The van der Waals surface area contributed by atoms with Crippen LogP contribution in [0.25, 0.3) is 17.0 Å². The molecule has 1 aliphatic rings. The van der Waals surface area contributed by atoms with Gasteiger partial charge >= 0.3 is 5.97 Å². The number of aryl methyl sites for hydroxylation is 1. The summed E-state index contributed by atoms with van der Waals surface area (Å²) in [5.74, 6) is -1.17. The van der Waals surface area contributed by atoms with Crippen LogP contribution >= 0.6 is 24.0 Å². The first-order valence-corrected chi connectivity index (χ1v) is 13.4. The number of thioether (sulfide) groups is 1. The predicted octanol–water partition coefficient (Wildman–Crippen LogP) is 5.64. The first kappa shape index (κ1) is 26.4. The van der Waals surface area contributed by atoms with E-state index in [4.69, 9.17) is 17.0 Å². The number of aromatic nitrogens is 1. The van der Waals surface area contributed by atoms with E-state index >= 15 is 0 Å². The van der Waals surface area contributed by atoms with Crippen LogP contribution in [0.4, 0.5) is 0 Å². The molecule has 0 spiro atoms. The second kappa shape index (κ2) is 11.3. The van der Waals surface area contributed by atoms with Gasteiger partial charge in [0.15, 0.2) is 12.4 Å². The van der Waals surface area contributed by atoms with Gasteiger partial charge in [0.1, 0.15) is 16.1 Å². The summed E-state index contributed by atoms with van der Waals surface area (Å²) in [6.45, 7) is 1.87. The number of amides is 1. The fraction of sp³-hybridized carbons (Fsp3) is 0.133. The molecule has 5 rings (SSSR count). The molecule has 1 fully saturated rings. The molecule has 1 aliphatic heterocycles. The van der Waals surface area contributed by atoms with Crippen molar-refractivity contribution in [1.82, 2.24) is 9.88 Å². The SMILES string of the molecule is Cc1ccc(C(=O)COc2ccc(/C=C3\SC(=S)N([C@@H](Cc4c[nH]c5ccccc45)C(=O)O)C3=O)cc2)cc1. The third-order valence-electron chi connectivity index (χ3n) is 6.43. The summed E-state index contributed by atoms with van der Waals surface area (Å²) in [5.41, 5.74) is 4.08. The fourth-order valence-corrected chi connectivity index (χ4v) is 5.69. The number of ether oxygens (including phenoxy) is 1. The topological polar surface area (TPSA) is 99.7 Å². The number of hydrogen-bond acceptors (Lipinski definition) is 6. The number of carboxylic acids is 1. The van der Waals surface area contributed by atoms with Gasteiger partial charge in [0.2, 0.25) is 0 Å². The van der Waals surface area contributed by atoms with Gasteiger partial charge in [-0.25, -0.2) is 4.79 Å². The molecule has 0 radical (unpaired) electrons. The normalized spacial score (nSPS) is 15.2. The molecule has 7 nitrogen and oxygen atoms in total. The van der Waals surface area contributed by atoms with Gasteiger partial charge in [-0.2, -0.15) is 0 Å². The van der Waals surface area contributed by atoms with Crippen LogP contribution in [0.15, 0.2) is 83.9 Å². The Morgan fingerprint density at radius 2 is 1.79 bits per heavy atom. The number of aliphatic carboxylic acids is 1. The predicted molar refractivity (Wildman–Crippen MR) is 156 cm³/mol. The Labute approximate surface area is 234 Å². The van der Waals surface area contributed by atoms with E-state index in [9.17, 15) is 19.5 Å². The third-order valence-corrected chi connectivity index (χ3v) is 7.76. The van der Waals surface area contributed by atoms with E-state index < -0.39 is 17.9 Å². The lowest BCUT2D eigenvalue weighted by Gasteiger charge is -2.23. The molecule has 0 unspecified atom stereocenters. The van der Waals surface area contributed by atoms with E-state index in [0.29, 0.717) is 16.2 Å². The second-order valence-corrected chi connectivity index (χ2v) is 10.8. The van der Waals surface area contributed by atoms with E-state index in [-0.39, 0.29) is 23.1 Å². The highest BCUT2D eigenvalue weighted by Gasteiger charge is 2.40. The number of benzene rings is 3. The first-order chi connectivity index (χ1) is 18.8. The molecule has 1 saturated heterocycles. The van der Waals surface area contributed by atoms with Gasteiger partial charge in [-0.15, -0.1) is 0 Å². The van der Waals surface area contributed by atoms with Crippen LogP contribution in [0, 0.1) is 6.92 Å². The zero-order valence-electron chi connectivity index (χ0n) is 20.9. The number of ketones is 1. The van der Waals surface area contributed by atoms with Crippen LogP contribution in [-0.4, -0.2) is 49.6 Å². The summed E-state index contributed by atoms with van der Waals surface area (Å²) in [6.07, 6.45) is 3.56. The average Bonchev–Trinajstić information content (AvgIpc) is 3.46. The van der Waals surface area contributed by atoms with E-state index in [2.05, 4.69) is 4.98 Å². The van der Waals surface area contributed by atoms with Crippen molar-refractivity contribution in [3.63, 3.8) is 0 Å². The number of carboxylic acid groups (broad SMARTS) is 1. The highest BCUT2D eigenvalue weighted by atomic mass is 32.2. The summed E-state index contributed by atoms with van der Waals surface area (Å²) in [5, 5.41) is 10.9. The molecular formula is C30H24N2O5S2. The van der Waals surface area contributed by atoms with Crippen LogP contribution in [0.3, 0.4) is 0 Å². The van der Waals surface area contributed by atoms with E-state index in [1.165, 1.54) is 4.90 Å². The van der Waals surface area contributed by atoms with Crippen molar-refractivity contribution in [2.45, 2.75) is 19.4 Å². The largest absolute Gasteiger partial charge is 0.485 e. The zero-order chi connectivity index (χ0) is 27.5. The zero-order valence-corrected chi connectivity index (χ0v) is 22.6. The van der Waals surface area contributed by atoms with Crippen molar-refractivity contribution in [2.24, 2.45) is 0 Å². The molecule has 2 N–H and O–H groups in total. The lowest BCUT2D eigenvalue weighted by Crippen LogP contribution is -2.45. The number of hydrogen-bond donors (Lipinski definition) is 2. The fourth-order valence-electron chi connectivity index (χ4n) is 4.33. The van der Waals surface area contributed by atoms with E-state index in [0.717, 1.165) is 39.4 Å². The average molecular weight is 557 g/mol. The molecule has 9 heteroatoms.